The number of halogens is 3. The molecule has 0 spiro atoms. The zero-order valence-corrected chi connectivity index (χ0v) is 11.1. The van der Waals surface area contributed by atoms with Crippen LogP contribution in [0.3, 0.4) is 0 Å². The van der Waals surface area contributed by atoms with E-state index in [-0.39, 0.29) is 5.69 Å². The van der Waals surface area contributed by atoms with E-state index in [1.165, 1.54) is 12.1 Å². The fraction of sp³-hybridized carbons (Fsp3) is 0.0769. The van der Waals surface area contributed by atoms with Crippen molar-refractivity contribution in [3.8, 4) is 0 Å². The van der Waals surface area contributed by atoms with E-state index in [9.17, 15) is 21.6 Å². The van der Waals surface area contributed by atoms with Gasteiger partial charge in [-0.15, -0.1) is 0 Å². The predicted octanol–water partition coefficient (Wildman–Crippen LogP) is 3.21. The number of anilines is 1. The molecule has 0 amide bonds. The molecule has 0 unspecified atom stereocenters. The molecule has 2 aromatic carbocycles. The first-order valence-corrected chi connectivity index (χ1v) is 7.02. The number of aryl methyl sites for hydroxylation is 1. The lowest BCUT2D eigenvalue weighted by atomic mass is 10.2. The first-order chi connectivity index (χ1) is 9.31. The summed E-state index contributed by atoms with van der Waals surface area (Å²) in [6.45, 7) is 1.62. The number of sulfonamides is 1. The minimum absolute atomic E-state index is 0.377. The molecular formula is C13H10F3NO2S. The molecule has 0 radical (unpaired) electrons. The number of nitrogens with one attached hydrogen (secondary N) is 1. The Kier molecular flexibility index (Phi) is 3.71. The van der Waals surface area contributed by atoms with Gasteiger partial charge in [0.15, 0.2) is 4.90 Å². The molecule has 0 aliphatic heterocycles. The van der Waals surface area contributed by atoms with Crippen molar-refractivity contribution < 1.29 is 21.6 Å². The van der Waals surface area contributed by atoms with Gasteiger partial charge in [-0.05, 0) is 36.8 Å². The van der Waals surface area contributed by atoms with Crippen LogP contribution in [0.4, 0.5) is 18.9 Å². The van der Waals surface area contributed by atoms with Crippen LogP contribution in [0.5, 0.6) is 0 Å². The normalized spacial score (nSPS) is 11.4. The average molecular weight is 301 g/mol. The van der Waals surface area contributed by atoms with Crippen LogP contribution in [0, 0.1) is 24.4 Å². The fourth-order valence-electron chi connectivity index (χ4n) is 1.64. The lowest BCUT2D eigenvalue weighted by Gasteiger charge is -2.10. The quantitative estimate of drug-likeness (QED) is 0.946. The molecule has 0 fully saturated rings. The van der Waals surface area contributed by atoms with E-state index in [0.29, 0.717) is 5.56 Å². The van der Waals surface area contributed by atoms with Crippen LogP contribution in [0.1, 0.15) is 5.56 Å². The highest BCUT2D eigenvalue weighted by atomic mass is 32.2. The van der Waals surface area contributed by atoms with E-state index in [0.717, 1.165) is 24.3 Å². The molecule has 0 aliphatic rings. The van der Waals surface area contributed by atoms with Crippen molar-refractivity contribution in [2.45, 2.75) is 11.8 Å². The topological polar surface area (TPSA) is 46.2 Å². The standard InChI is InChI=1S/C13H10F3NO2S/c1-8-5-6-12(11(16)7-8)17-20(18,19)13-9(14)3-2-4-10(13)15/h2-7,17H,1H3. The highest BCUT2D eigenvalue weighted by Gasteiger charge is 2.24. The maximum Gasteiger partial charge on any atom is 0.267 e. The summed E-state index contributed by atoms with van der Waals surface area (Å²) < 4.78 is 66.2. The van der Waals surface area contributed by atoms with Crippen molar-refractivity contribution in [2.75, 3.05) is 4.72 Å². The van der Waals surface area contributed by atoms with E-state index in [2.05, 4.69) is 0 Å². The molecule has 0 heterocycles. The van der Waals surface area contributed by atoms with Gasteiger partial charge >= 0.3 is 0 Å². The van der Waals surface area contributed by atoms with Crippen molar-refractivity contribution in [2.24, 2.45) is 0 Å². The molecular weight excluding hydrogens is 291 g/mol. The van der Waals surface area contributed by atoms with E-state index in [1.807, 2.05) is 4.72 Å². The third-order valence-electron chi connectivity index (χ3n) is 2.56. The third-order valence-corrected chi connectivity index (χ3v) is 3.97. The van der Waals surface area contributed by atoms with Crippen molar-refractivity contribution in [3.63, 3.8) is 0 Å². The number of rotatable bonds is 3. The summed E-state index contributed by atoms with van der Waals surface area (Å²) in [6, 6.07) is 6.41. The van der Waals surface area contributed by atoms with Gasteiger partial charge in [0.1, 0.15) is 17.5 Å². The van der Waals surface area contributed by atoms with Gasteiger partial charge in [0.2, 0.25) is 0 Å². The summed E-state index contributed by atoms with van der Waals surface area (Å²) in [5.41, 5.74) is 0.209. The van der Waals surface area contributed by atoms with Gasteiger partial charge in [0.25, 0.3) is 10.0 Å². The fourth-order valence-corrected chi connectivity index (χ4v) is 2.84. The maximum atomic E-state index is 13.6. The molecule has 7 heteroatoms. The molecule has 0 aromatic heterocycles. The Balaban J connectivity index is 2.46. The van der Waals surface area contributed by atoms with Crippen LogP contribution < -0.4 is 4.72 Å². The zero-order valence-electron chi connectivity index (χ0n) is 10.3. The third kappa shape index (κ3) is 2.77. The second-order valence-electron chi connectivity index (χ2n) is 4.14. The molecule has 0 bridgehead atoms. The van der Waals surface area contributed by atoms with E-state index < -0.39 is 32.4 Å². The second-order valence-corrected chi connectivity index (χ2v) is 5.76. The molecule has 0 atom stereocenters. The van der Waals surface area contributed by atoms with E-state index in [4.69, 9.17) is 0 Å². The van der Waals surface area contributed by atoms with Gasteiger partial charge in [-0.2, -0.15) is 0 Å². The molecule has 1 N–H and O–H groups in total. The van der Waals surface area contributed by atoms with Crippen LogP contribution in [0.25, 0.3) is 0 Å². The Bertz CT molecular complexity index is 740. The van der Waals surface area contributed by atoms with Crippen molar-refractivity contribution in [1.82, 2.24) is 0 Å². The molecule has 20 heavy (non-hydrogen) atoms. The summed E-state index contributed by atoms with van der Waals surface area (Å²) in [4.78, 5) is -1.14. The molecule has 2 rings (SSSR count). The Morgan fingerprint density at radius 3 is 2.10 bits per heavy atom. The van der Waals surface area contributed by atoms with E-state index in [1.54, 1.807) is 6.92 Å². The summed E-state index contributed by atoms with van der Waals surface area (Å²) >= 11 is 0. The van der Waals surface area contributed by atoms with Crippen LogP contribution >= 0.6 is 0 Å². The zero-order chi connectivity index (χ0) is 14.9. The van der Waals surface area contributed by atoms with Gasteiger partial charge in [0.05, 0.1) is 5.69 Å². The summed E-state index contributed by atoms with van der Waals surface area (Å²) in [7, 11) is -4.55. The number of hydrogen-bond acceptors (Lipinski definition) is 2. The maximum absolute atomic E-state index is 13.6. The predicted molar refractivity (Wildman–Crippen MR) is 68.3 cm³/mol. The molecule has 106 valence electrons. The van der Waals surface area contributed by atoms with Gasteiger partial charge in [0, 0.05) is 0 Å². The second kappa shape index (κ2) is 5.16. The van der Waals surface area contributed by atoms with Crippen molar-refractivity contribution in [3.05, 3.63) is 59.4 Å². The van der Waals surface area contributed by atoms with Gasteiger partial charge < -0.3 is 0 Å². The Morgan fingerprint density at radius 1 is 0.950 bits per heavy atom. The lowest BCUT2D eigenvalue weighted by Crippen LogP contribution is -2.17. The highest BCUT2D eigenvalue weighted by molar-refractivity contribution is 7.92. The minimum Gasteiger partial charge on any atom is -0.276 e. The number of hydrogen-bond donors (Lipinski definition) is 1. The molecule has 0 saturated heterocycles. The van der Waals surface area contributed by atoms with Gasteiger partial charge in [-0.25, -0.2) is 21.6 Å². The van der Waals surface area contributed by atoms with E-state index >= 15 is 0 Å². The Labute approximate surface area is 114 Å². The summed E-state index contributed by atoms with van der Waals surface area (Å²) in [5.74, 6) is -3.32. The molecule has 3 nitrogen and oxygen atoms in total. The first kappa shape index (κ1) is 14.4. The van der Waals surface area contributed by atoms with Crippen LogP contribution in [-0.4, -0.2) is 8.42 Å². The molecule has 0 aliphatic carbocycles. The smallest absolute Gasteiger partial charge is 0.267 e. The summed E-state index contributed by atoms with van der Waals surface area (Å²) in [6.07, 6.45) is 0. The Morgan fingerprint density at radius 2 is 1.55 bits per heavy atom. The Hall–Kier alpha value is -2.02. The molecule has 0 saturated carbocycles. The van der Waals surface area contributed by atoms with Crippen molar-refractivity contribution in [1.29, 1.82) is 0 Å². The van der Waals surface area contributed by atoms with Gasteiger partial charge in [-0.1, -0.05) is 12.1 Å². The lowest BCUT2D eigenvalue weighted by molar-refractivity contribution is 0.521. The molecule has 2 aromatic rings. The highest BCUT2D eigenvalue weighted by Crippen LogP contribution is 2.23. The van der Waals surface area contributed by atoms with Crippen molar-refractivity contribution >= 4 is 15.7 Å². The van der Waals surface area contributed by atoms with Gasteiger partial charge in [-0.3, -0.25) is 4.72 Å². The minimum atomic E-state index is -4.55. The number of benzene rings is 2. The average Bonchev–Trinajstić information content (AvgIpc) is 2.32. The SMILES string of the molecule is Cc1ccc(NS(=O)(=O)c2c(F)cccc2F)c(F)c1. The largest absolute Gasteiger partial charge is 0.276 e. The van der Waals surface area contributed by atoms with Crippen LogP contribution in [0.15, 0.2) is 41.3 Å². The van der Waals surface area contributed by atoms with Crippen LogP contribution in [0.2, 0.25) is 0 Å². The monoisotopic (exact) mass is 301 g/mol. The van der Waals surface area contributed by atoms with Crippen LogP contribution in [-0.2, 0) is 10.0 Å². The summed E-state index contributed by atoms with van der Waals surface area (Å²) in [5, 5.41) is 0. The first-order valence-electron chi connectivity index (χ1n) is 5.54.